The lowest BCUT2D eigenvalue weighted by Gasteiger charge is -2.24. The maximum absolute atomic E-state index is 12.1. The van der Waals surface area contributed by atoms with Gasteiger partial charge < -0.3 is 10.0 Å². The van der Waals surface area contributed by atoms with Gasteiger partial charge in [-0.3, -0.25) is 0 Å². The molecule has 18 heavy (non-hydrogen) atoms. The van der Waals surface area contributed by atoms with Crippen LogP contribution in [0.2, 0.25) is 0 Å². The van der Waals surface area contributed by atoms with E-state index in [-0.39, 0.29) is 16.7 Å². The first-order valence-electron chi connectivity index (χ1n) is 6.17. The lowest BCUT2D eigenvalue weighted by molar-refractivity contribution is 0.103. The summed E-state index contributed by atoms with van der Waals surface area (Å²) in [5, 5.41) is 10.1. The van der Waals surface area contributed by atoms with Crippen LogP contribution in [-0.4, -0.2) is 49.9 Å². The third kappa shape index (κ3) is 2.91. The average molecular weight is 269 g/mol. The van der Waals surface area contributed by atoms with Gasteiger partial charge in [-0.2, -0.15) is 0 Å². The average Bonchev–Trinajstić information content (AvgIpc) is 2.76. The van der Waals surface area contributed by atoms with E-state index in [1.54, 1.807) is 30.3 Å². The normalized spacial score (nSPS) is 23.1. The molecule has 1 aromatic carbocycles. The molecule has 0 unspecified atom stereocenters. The molecule has 2 rings (SSSR count). The summed E-state index contributed by atoms with van der Waals surface area (Å²) in [5.41, 5.74) is 0. The number of rotatable bonds is 4. The van der Waals surface area contributed by atoms with Gasteiger partial charge in [-0.1, -0.05) is 18.2 Å². The van der Waals surface area contributed by atoms with E-state index in [1.807, 2.05) is 11.9 Å². The molecule has 1 heterocycles. The van der Waals surface area contributed by atoms with Gasteiger partial charge >= 0.3 is 0 Å². The number of likely N-dealkylation sites (N-methyl/N-ethyl adjacent to an activating group) is 1. The maximum Gasteiger partial charge on any atom is 0.180 e. The fourth-order valence-corrected chi connectivity index (χ4v) is 3.92. The quantitative estimate of drug-likeness (QED) is 0.883. The summed E-state index contributed by atoms with van der Waals surface area (Å²) in [6.07, 6.45) is 1.06. The molecule has 1 N–H and O–H groups in total. The zero-order chi connectivity index (χ0) is 13.2. The van der Waals surface area contributed by atoms with Gasteiger partial charge in [0, 0.05) is 6.04 Å². The molecule has 0 spiro atoms. The van der Waals surface area contributed by atoms with Gasteiger partial charge in [-0.15, -0.1) is 0 Å². The molecule has 0 saturated carbocycles. The molecule has 0 amide bonds. The first-order chi connectivity index (χ1) is 8.50. The number of aliphatic hydroxyl groups is 1. The van der Waals surface area contributed by atoms with E-state index in [0.717, 1.165) is 19.4 Å². The fraction of sp³-hybridized carbons (Fsp3) is 0.538. The number of hydrogen-bond donors (Lipinski definition) is 1. The molecule has 1 aromatic rings. The Kier molecular flexibility index (Phi) is 4.04. The molecule has 1 aliphatic rings. The summed E-state index contributed by atoms with van der Waals surface area (Å²) < 4.78 is 24.3. The lowest BCUT2D eigenvalue weighted by atomic mass is 10.1. The topological polar surface area (TPSA) is 57.6 Å². The molecule has 1 saturated heterocycles. The van der Waals surface area contributed by atoms with Gasteiger partial charge in [0.25, 0.3) is 0 Å². The zero-order valence-electron chi connectivity index (χ0n) is 10.5. The molecular weight excluding hydrogens is 250 g/mol. The first kappa shape index (κ1) is 13.5. The highest BCUT2D eigenvalue weighted by Gasteiger charge is 2.31. The Morgan fingerprint density at radius 3 is 2.61 bits per heavy atom. The minimum absolute atomic E-state index is 0.0384. The predicted molar refractivity (Wildman–Crippen MR) is 70.2 cm³/mol. The summed E-state index contributed by atoms with van der Waals surface area (Å²) >= 11 is 0. The lowest BCUT2D eigenvalue weighted by Crippen LogP contribution is -2.40. The van der Waals surface area contributed by atoms with Crippen LogP contribution >= 0.6 is 0 Å². The Balaban J connectivity index is 2.09. The number of hydrogen-bond acceptors (Lipinski definition) is 4. The van der Waals surface area contributed by atoms with Crippen LogP contribution in [0.3, 0.4) is 0 Å². The molecule has 4 nitrogen and oxygen atoms in total. The van der Waals surface area contributed by atoms with Crippen LogP contribution in [0, 0.1) is 0 Å². The van der Waals surface area contributed by atoms with Crippen LogP contribution < -0.4 is 0 Å². The number of likely N-dealkylation sites (tertiary alicyclic amines) is 1. The van der Waals surface area contributed by atoms with E-state index >= 15 is 0 Å². The van der Waals surface area contributed by atoms with E-state index in [2.05, 4.69) is 0 Å². The van der Waals surface area contributed by atoms with E-state index in [4.69, 9.17) is 0 Å². The van der Waals surface area contributed by atoms with Crippen molar-refractivity contribution < 1.29 is 13.5 Å². The largest absolute Gasteiger partial charge is 0.390 e. The molecule has 100 valence electrons. The Morgan fingerprint density at radius 1 is 1.39 bits per heavy atom. The highest BCUT2D eigenvalue weighted by molar-refractivity contribution is 7.91. The number of nitrogens with zero attached hydrogens (tertiary/aromatic N) is 1. The minimum atomic E-state index is -3.40. The van der Waals surface area contributed by atoms with Gasteiger partial charge in [-0.05, 0) is 38.6 Å². The molecule has 2 atom stereocenters. The number of aliphatic hydroxyl groups excluding tert-OH is 1. The van der Waals surface area contributed by atoms with Crippen molar-refractivity contribution in [2.75, 3.05) is 19.3 Å². The summed E-state index contributed by atoms with van der Waals surface area (Å²) in [7, 11) is -1.47. The van der Waals surface area contributed by atoms with Crippen molar-refractivity contribution in [3.63, 3.8) is 0 Å². The van der Waals surface area contributed by atoms with Crippen molar-refractivity contribution in [3.8, 4) is 0 Å². The Morgan fingerprint density at radius 2 is 2.06 bits per heavy atom. The monoisotopic (exact) mass is 269 g/mol. The molecule has 1 fully saturated rings. The van der Waals surface area contributed by atoms with Crippen molar-refractivity contribution in [2.45, 2.75) is 29.9 Å². The van der Waals surface area contributed by atoms with Crippen molar-refractivity contribution in [3.05, 3.63) is 30.3 Å². The predicted octanol–water partition coefficient (Wildman–Crippen LogP) is 0.915. The van der Waals surface area contributed by atoms with Gasteiger partial charge in [0.2, 0.25) is 0 Å². The van der Waals surface area contributed by atoms with Crippen LogP contribution in [0.1, 0.15) is 12.8 Å². The Hall–Kier alpha value is -0.910. The highest BCUT2D eigenvalue weighted by Crippen LogP contribution is 2.21. The molecule has 1 aliphatic heterocycles. The van der Waals surface area contributed by atoms with Crippen molar-refractivity contribution in [2.24, 2.45) is 0 Å². The second-order valence-electron chi connectivity index (χ2n) is 4.85. The van der Waals surface area contributed by atoms with Crippen molar-refractivity contribution in [1.82, 2.24) is 4.90 Å². The molecule has 0 aliphatic carbocycles. The van der Waals surface area contributed by atoms with E-state index in [9.17, 15) is 13.5 Å². The molecule has 0 aromatic heterocycles. The molecule has 5 heteroatoms. The SMILES string of the molecule is CN1CCC[C@@H]1[C@@H](O)CS(=O)(=O)c1ccccc1. The van der Waals surface area contributed by atoms with E-state index in [1.165, 1.54) is 0 Å². The molecule has 0 bridgehead atoms. The second-order valence-corrected chi connectivity index (χ2v) is 6.89. The van der Waals surface area contributed by atoms with Crippen LogP contribution in [0.4, 0.5) is 0 Å². The van der Waals surface area contributed by atoms with Crippen LogP contribution in [-0.2, 0) is 9.84 Å². The molecular formula is C13H19NO3S. The van der Waals surface area contributed by atoms with Crippen LogP contribution in [0.25, 0.3) is 0 Å². The van der Waals surface area contributed by atoms with E-state index in [0.29, 0.717) is 0 Å². The first-order valence-corrected chi connectivity index (χ1v) is 7.82. The van der Waals surface area contributed by atoms with Crippen LogP contribution in [0.5, 0.6) is 0 Å². The number of benzene rings is 1. The summed E-state index contributed by atoms with van der Waals surface area (Å²) in [4.78, 5) is 2.32. The summed E-state index contributed by atoms with van der Waals surface area (Å²) in [5.74, 6) is -0.202. The van der Waals surface area contributed by atoms with Gasteiger partial charge in [-0.25, -0.2) is 8.42 Å². The van der Waals surface area contributed by atoms with Gasteiger partial charge in [0.05, 0.1) is 16.8 Å². The zero-order valence-corrected chi connectivity index (χ0v) is 11.3. The minimum Gasteiger partial charge on any atom is -0.390 e. The third-order valence-electron chi connectivity index (χ3n) is 3.51. The van der Waals surface area contributed by atoms with Gasteiger partial charge in [0.15, 0.2) is 9.84 Å². The smallest absolute Gasteiger partial charge is 0.180 e. The van der Waals surface area contributed by atoms with Gasteiger partial charge in [0.1, 0.15) is 0 Å². The molecule has 0 radical (unpaired) electrons. The summed E-state index contributed by atoms with van der Waals surface area (Å²) in [6.45, 7) is 0.924. The van der Waals surface area contributed by atoms with Crippen molar-refractivity contribution >= 4 is 9.84 Å². The Bertz CT molecular complexity index is 486. The fourth-order valence-electron chi connectivity index (χ4n) is 2.48. The standard InChI is InChI=1S/C13H19NO3S/c1-14-9-5-8-12(14)13(15)10-18(16,17)11-6-3-2-4-7-11/h2-4,6-7,12-13,15H,5,8-10H2,1H3/t12-,13+/m1/s1. The van der Waals surface area contributed by atoms with E-state index < -0.39 is 15.9 Å². The Labute approximate surface area is 108 Å². The van der Waals surface area contributed by atoms with Crippen LogP contribution in [0.15, 0.2) is 35.2 Å². The second kappa shape index (κ2) is 5.38. The number of sulfone groups is 1. The third-order valence-corrected chi connectivity index (χ3v) is 5.28. The summed E-state index contributed by atoms with van der Waals surface area (Å²) in [6, 6.07) is 8.27. The maximum atomic E-state index is 12.1. The highest BCUT2D eigenvalue weighted by atomic mass is 32.2. The van der Waals surface area contributed by atoms with Crippen molar-refractivity contribution in [1.29, 1.82) is 0 Å².